The summed E-state index contributed by atoms with van der Waals surface area (Å²) < 4.78 is 0. The predicted molar refractivity (Wildman–Crippen MR) is 92.8 cm³/mol. The third-order valence-corrected chi connectivity index (χ3v) is 3.57. The fourth-order valence-electron chi connectivity index (χ4n) is 2.06. The van der Waals surface area contributed by atoms with E-state index >= 15 is 0 Å². The molecule has 0 bridgehead atoms. The Labute approximate surface area is 139 Å². The van der Waals surface area contributed by atoms with Crippen molar-refractivity contribution in [1.82, 2.24) is 0 Å². The second-order valence-corrected chi connectivity index (χ2v) is 5.48. The summed E-state index contributed by atoms with van der Waals surface area (Å²) in [6, 6.07) is 12.3. The molecule has 0 aromatic heterocycles. The quantitative estimate of drug-likeness (QED) is 0.408. The molecule has 2 rings (SSSR count). The van der Waals surface area contributed by atoms with E-state index in [4.69, 9.17) is 11.6 Å². The summed E-state index contributed by atoms with van der Waals surface area (Å²) in [6.45, 7) is 2.18. The van der Waals surface area contributed by atoms with Crippen molar-refractivity contribution in [3.05, 3.63) is 58.1 Å². The zero-order chi connectivity index (χ0) is 16.8. The van der Waals surface area contributed by atoms with Gasteiger partial charge in [-0.2, -0.15) is 0 Å². The number of hydrogen-bond acceptors (Lipinski definition) is 5. The second-order valence-electron chi connectivity index (χ2n) is 5.17. The maximum absolute atomic E-state index is 10.9. The molecule has 0 aliphatic carbocycles. The van der Waals surface area contributed by atoms with Crippen LogP contribution in [0.3, 0.4) is 0 Å². The highest BCUT2D eigenvalue weighted by atomic mass is 35.5. The molecule has 0 saturated heterocycles. The number of non-ortho nitro benzene ring substituents is 1. The zero-order valence-electron chi connectivity index (χ0n) is 12.6. The Morgan fingerprint density at radius 3 is 2.70 bits per heavy atom. The molecule has 6 nitrogen and oxygen atoms in total. The van der Waals surface area contributed by atoms with Crippen LogP contribution >= 0.6 is 11.6 Å². The summed E-state index contributed by atoms with van der Waals surface area (Å²) in [7, 11) is 0. The van der Waals surface area contributed by atoms with Gasteiger partial charge in [-0.3, -0.25) is 10.1 Å². The number of rotatable bonds is 7. The Balaban J connectivity index is 2.27. The zero-order valence-corrected chi connectivity index (χ0v) is 13.4. The number of hydrogen-bond donors (Lipinski definition) is 3. The lowest BCUT2D eigenvalue weighted by molar-refractivity contribution is -0.384. The maximum Gasteiger partial charge on any atom is 0.271 e. The third-order valence-electron chi connectivity index (χ3n) is 3.22. The molecule has 2 aromatic carbocycles. The molecule has 3 N–H and O–H groups in total. The largest absolute Gasteiger partial charge is 0.390 e. The van der Waals surface area contributed by atoms with E-state index < -0.39 is 11.0 Å². The van der Waals surface area contributed by atoms with Crippen LogP contribution in [0.5, 0.6) is 0 Å². The number of nitro benzene ring substituents is 1. The van der Waals surface area contributed by atoms with Gasteiger partial charge in [-0.1, -0.05) is 12.1 Å². The fourth-order valence-corrected chi connectivity index (χ4v) is 2.17. The normalized spacial score (nSPS) is 11.8. The van der Waals surface area contributed by atoms with Gasteiger partial charge in [-0.25, -0.2) is 0 Å². The molecule has 2 aromatic rings. The van der Waals surface area contributed by atoms with Crippen LogP contribution in [0.1, 0.15) is 5.56 Å². The van der Waals surface area contributed by atoms with E-state index in [0.717, 1.165) is 11.3 Å². The summed E-state index contributed by atoms with van der Waals surface area (Å²) in [4.78, 5) is 10.5. The van der Waals surface area contributed by atoms with E-state index in [9.17, 15) is 15.2 Å². The number of anilines is 3. The first-order chi connectivity index (χ1) is 11.0. The van der Waals surface area contributed by atoms with Crippen molar-refractivity contribution in [2.24, 2.45) is 0 Å². The number of alkyl halides is 1. The molecule has 0 aliphatic rings. The highest BCUT2D eigenvalue weighted by molar-refractivity contribution is 6.18. The number of aryl methyl sites for hydroxylation is 1. The lowest BCUT2D eigenvalue weighted by Crippen LogP contribution is -2.21. The van der Waals surface area contributed by atoms with Gasteiger partial charge in [0.25, 0.3) is 5.69 Å². The Morgan fingerprint density at radius 1 is 1.26 bits per heavy atom. The Morgan fingerprint density at radius 2 is 2.04 bits per heavy atom. The number of nitro groups is 1. The number of benzene rings is 2. The van der Waals surface area contributed by atoms with Gasteiger partial charge < -0.3 is 15.7 Å². The molecule has 0 amide bonds. The van der Waals surface area contributed by atoms with Crippen LogP contribution in [0.25, 0.3) is 0 Å². The highest BCUT2D eigenvalue weighted by Crippen LogP contribution is 2.30. The summed E-state index contributed by atoms with van der Waals surface area (Å²) in [6.07, 6.45) is -0.734. The summed E-state index contributed by atoms with van der Waals surface area (Å²) in [5.41, 5.74) is 3.17. The minimum Gasteiger partial charge on any atom is -0.390 e. The minimum atomic E-state index is -0.734. The molecule has 1 unspecified atom stereocenters. The number of aliphatic hydroxyl groups is 1. The maximum atomic E-state index is 10.9. The van der Waals surface area contributed by atoms with Gasteiger partial charge in [-0.15, -0.1) is 11.6 Å². The van der Waals surface area contributed by atoms with Crippen LogP contribution < -0.4 is 10.6 Å². The molecule has 7 heteroatoms. The molecule has 0 aliphatic heterocycles. The first-order valence-corrected chi connectivity index (χ1v) is 7.63. The van der Waals surface area contributed by atoms with E-state index in [0.29, 0.717) is 11.4 Å². The van der Waals surface area contributed by atoms with Gasteiger partial charge in [0.15, 0.2) is 0 Å². The van der Waals surface area contributed by atoms with Crippen molar-refractivity contribution in [2.75, 3.05) is 23.1 Å². The summed E-state index contributed by atoms with van der Waals surface area (Å²) in [5, 5.41) is 26.7. The van der Waals surface area contributed by atoms with Crippen molar-refractivity contribution in [2.45, 2.75) is 13.0 Å². The second kappa shape index (κ2) is 7.80. The Kier molecular flexibility index (Phi) is 5.78. The SMILES string of the molecule is Cc1cccc(Nc2ccc([N+](=O)[O-])cc2NCC(O)CCl)c1. The van der Waals surface area contributed by atoms with E-state index in [-0.39, 0.29) is 18.1 Å². The average molecular weight is 336 g/mol. The molecule has 0 fully saturated rings. The molecule has 0 saturated carbocycles. The van der Waals surface area contributed by atoms with Crippen molar-refractivity contribution in [3.8, 4) is 0 Å². The van der Waals surface area contributed by atoms with E-state index in [2.05, 4.69) is 10.6 Å². The lowest BCUT2D eigenvalue weighted by atomic mass is 10.2. The van der Waals surface area contributed by atoms with Crippen LogP contribution in [0, 0.1) is 17.0 Å². The number of aliphatic hydroxyl groups excluding tert-OH is 1. The molecule has 0 spiro atoms. The molecule has 23 heavy (non-hydrogen) atoms. The predicted octanol–water partition coefficient (Wildman–Crippen LogP) is 3.66. The van der Waals surface area contributed by atoms with Crippen molar-refractivity contribution in [1.29, 1.82) is 0 Å². The van der Waals surface area contributed by atoms with E-state index in [1.165, 1.54) is 12.1 Å². The van der Waals surface area contributed by atoms with Crippen LogP contribution in [-0.4, -0.2) is 28.6 Å². The molecule has 122 valence electrons. The van der Waals surface area contributed by atoms with Crippen LogP contribution in [-0.2, 0) is 0 Å². The monoisotopic (exact) mass is 335 g/mol. The van der Waals surface area contributed by atoms with Crippen LogP contribution in [0.4, 0.5) is 22.7 Å². The first kappa shape index (κ1) is 17.1. The molecule has 0 radical (unpaired) electrons. The van der Waals surface area contributed by atoms with Gasteiger partial charge in [0, 0.05) is 24.4 Å². The third kappa shape index (κ3) is 4.84. The van der Waals surface area contributed by atoms with Crippen LogP contribution in [0.2, 0.25) is 0 Å². The van der Waals surface area contributed by atoms with Crippen molar-refractivity contribution in [3.63, 3.8) is 0 Å². The van der Waals surface area contributed by atoms with Gasteiger partial charge in [0.1, 0.15) is 0 Å². The topological polar surface area (TPSA) is 87.4 Å². The van der Waals surface area contributed by atoms with Gasteiger partial charge in [0.2, 0.25) is 0 Å². The fraction of sp³-hybridized carbons (Fsp3) is 0.250. The molecular weight excluding hydrogens is 318 g/mol. The van der Waals surface area contributed by atoms with Crippen molar-refractivity contribution >= 4 is 34.4 Å². The Bertz CT molecular complexity index is 694. The molecular formula is C16H18ClN3O3. The average Bonchev–Trinajstić information content (AvgIpc) is 2.53. The standard InChI is InChI=1S/C16H18ClN3O3/c1-11-3-2-4-12(7-11)19-15-6-5-13(20(22)23)8-16(15)18-10-14(21)9-17/h2-8,14,18-19,21H,9-10H2,1H3. The highest BCUT2D eigenvalue weighted by Gasteiger charge is 2.12. The van der Waals surface area contributed by atoms with Crippen molar-refractivity contribution < 1.29 is 10.0 Å². The minimum absolute atomic E-state index is 0.0253. The van der Waals surface area contributed by atoms with Crippen LogP contribution in [0.15, 0.2) is 42.5 Å². The Hall–Kier alpha value is -2.31. The van der Waals surface area contributed by atoms with Gasteiger partial charge >= 0.3 is 0 Å². The molecule has 1 atom stereocenters. The first-order valence-electron chi connectivity index (χ1n) is 7.09. The van der Waals surface area contributed by atoms with E-state index in [1.807, 2.05) is 31.2 Å². The number of halogens is 1. The lowest BCUT2D eigenvalue weighted by Gasteiger charge is -2.15. The van der Waals surface area contributed by atoms with Gasteiger partial charge in [-0.05, 0) is 30.7 Å². The molecule has 0 heterocycles. The summed E-state index contributed by atoms with van der Waals surface area (Å²) in [5.74, 6) is 0.0859. The van der Waals surface area contributed by atoms with E-state index in [1.54, 1.807) is 6.07 Å². The van der Waals surface area contributed by atoms with Gasteiger partial charge in [0.05, 0.1) is 28.3 Å². The number of nitrogens with one attached hydrogen (secondary N) is 2. The number of nitrogens with zero attached hydrogens (tertiary/aromatic N) is 1. The smallest absolute Gasteiger partial charge is 0.271 e. The summed E-state index contributed by atoms with van der Waals surface area (Å²) >= 11 is 5.57.